The summed E-state index contributed by atoms with van der Waals surface area (Å²) in [6.07, 6.45) is 3.63. The monoisotopic (exact) mass is 246 g/mol. The van der Waals surface area contributed by atoms with Crippen LogP contribution in [0.1, 0.15) is 11.6 Å². The van der Waals surface area contributed by atoms with Gasteiger partial charge in [-0.15, -0.1) is 0 Å². The van der Waals surface area contributed by atoms with Gasteiger partial charge in [0.2, 0.25) is 0 Å². The van der Waals surface area contributed by atoms with E-state index in [0.29, 0.717) is 19.8 Å². The summed E-state index contributed by atoms with van der Waals surface area (Å²) in [5.74, 6) is 0. The van der Waals surface area contributed by atoms with Crippen molar-refractivity contribution in [2.45, 2.75) is 6.04 Å². The summed E-state index contributed by atoms with van der Waals surface area (Å²) < 4.78 is 10.4. The molecule has 0 spiro atoms. The van der Waals surface area contributed by atoms with Gasteiger partial charge in [0.05, 0.1) is 25.9 Å². The highest BCUT2D eigenvalue weighted by Crippen LogP contribution is 2.22. The molecule has 1 aromatic carbocycles. The van der Waals surface area contributed by atoms with Crippen LogP contribution in [0.25, 0.3) is 10.8 Å². The number of hydrogen-bond donors (Lipinski definition) is 1. The minimum atomic E-state index is -0.144. The molecule has 1 atom stereocenters. The van der Waals surface area contributed by atoms with Crippen molar-refractivity contribution >= 4 is 10.8 Å². The molecule has 0 fully saturated rings. The molecule has 0 radical (unpaired) electrons. The van der Waals surface area contributed by atoms with Gasteiger partial charge in [0.25, 0.3) is 0 Å². The summed E-state index contributed by atoms with van der Waals surface area (Å²) in [4.78, 5) is 4.15. The van der Waals surface area contributed by atoms with Gasteiger partial charge >= 0.3 is 0 Å². The van der Waals surface area contributed by atoms with Gasteiger partial charge in [-0.25, -0.2) is 0 Å². The van der Waals surface area contributed by atoms with Crippen LogP contribution >= 0.6 is 0 Å². The molecule has 0 aliphatic heterocycles. The lowest BCUT2D eigenvalue weighted by Crippen LogP contribution is -2.18. The fraction of sp³-hybridized carbons (Fsp3) is 0.357. The summed E-state index contributed by atoms with van der Waals surface area (Å²) in [5, 5.41) is 2.23. The van der Waals surface area contributed by atoms with Crippen LogP contribution in [0, 0.1) is 0 Å². The van der Waals surface area contributed by atoms with E-state index in [2.05, 4.69) is 11.1 Å². The van der Waals surface area contributed by atoms with E-state index < -0.39 is 0 Å². The number of methoxy groups -OCH3 is 1. The maximum absolute atomic E-state index is 6.15. The summed E-state index contributed by atoms with van der Waals surface area (Å²) >= 11 is 0. The smallest absolute Gasteiger partial charge is 0.0701 e. The van der Waals surface area contributed by atoms with Gasteiger partial charge in [0, 0.05) is 24.9 Å². The van der Waals surface area contributed by atoms with E-state index in [1.165, 1.54) is 0 Å². The van der Waals surface area contributed by atoms with Crippen LogP contribution in [0.2, 0.25) is 0 Å². The van der Waals surface area contributed by atoms with Crippen molar-refractivity contribution in [1.29, 1.82) is 0 Å². The highest BCUT2D eigenvalue weighted by molar-refractivity contribution is 5.85. The van der Waals surface area contributed by atoms with Gasteiger partial charge in [-0.1, -0.05) is 18.2 Å². The maximum Gasteiger partial charge on any atom is 0.0701 e. The molecule has 4 nitrogen and oxygen atoms in total. The Morgan fingerprint density at radius 2 is 2.17 bits per heavy atom. The second-order valence-corrected chi connectivity index (χ2v) is 4.12. The lowest BCUT2D eigenvalue weighted by molar-refractivity contribution is 0.0637. The molecule has 0 aliphatic rings. The average molecular weight is 246 g/mol. The minimum Gasteiger partial charge on any atom is -0.382 e. The average Bonchev–Trinajstić information content (AvgIpc) is 2.43. The van der Waals surface area contributed by atoms with Crippen molar-refractivity contribution in [2.75, 3.05) is 26.9 Å². The zero-order chi connectivity index (χ0) is 12.8. The molecule has 96 valence electrons. The number of ether oxygens (including phenoxy) is 2. The van der Waals surface area contributed by atoms with Gasteiger partial charge in [0.1, 0.15) is 0 Å². The van der Waals surface area contributed by atoms with Gasteiger partial charge in [-0.05, 0) is 17.0 Å². The Bertz CT molecular complexity index is 497. The van der Waals surface area contributed by atoms with Crippen LogP contribution in [0.3, 0.4) is 0 Å². The van der Waals surface area contributed by atoms with Gasteiger partial charge in [0.15, 0.2) is 0 Å². The van der Waals surface area contributed by atoms with Crippen LogP contribution < -0.4 is 5.73 Å². The molecular weight excluding hydrogens is 228 g/mol. The lowest BCUT2D eigenvalue weighted by Gasteiger charge is -2.14. The molecule has 2 aromatic rings. The van der Waals surface area contributed by atoms with E-state index in [1.54, 1.807) is 13.3 Å². The molecule has 2 N–H and O–H groups in total. The normalized spacial score (nSPS) is 12.8. The minimum absolute atomic E-state index is 0.144. The summed E-state index contributed by atoms with van der Waals surface area (Å²) in [6, 6.07) is 7.92. The number of aromatic nitrogens is 1. The lowest BCUT2D eigenvalue weighted by atomic mass is 10.0. The van der Waals surface area contributed by atoms with Crippen molar-refractivity contribution in [3.63, 3.8) is 0 Å². The van der Waals surface area contributed by atoms with E-state index in [4.69, 9.17) is 15.2 Å². The topological polar surface area (TPSA) is 57.4 Å². The number of pyridine rings is 1. The fourth-order valence-electron chi connectivity index (χ4n) is 1.90. The predicted molar refractivity (Wildman–Crippen MR) is 71.4 cm³/mol. The number of fused-ring (bicyclic) bond motifs is 1. The number of hydrogen-bond acceptors (Lipinski definition) is 4. The number of nitrogens with zero attached hydrogens (tertiary/aromatic N) is 1. The largest absolute Gasteiger partial charge is 0.382 e. The Morgan fingerprint density at radius 1 is 1.28 bits per heavy atom. The molecule has 4 heteroatoms. The fourth-order valence-corrected chi connectivity index (χ4v) is 1.90. The molecule has 1 aromatic heterocycles. The van der Waals surface area contributed by atoms with Crippen molar-refractivity contribution in [1.82, 2.24) is 4.98 Å². The van der Waals surface area contributed by atoms with Crippen LogP contribution in [0.4, 0.5) is 0 Å². The van der Waals surface area contributed by atoms with Crippen LogP contribution in [-0.2, 0) is 9.47 Å². The van der Waals surface area contributed by atoms with Crippen molar-refractivity contribution in [2.24, 2.45) is 5.73 Å². The zero-order valence-corrected chi connectivity index (χ0v) is 10.5. The summed E-state index contributed by atoms with van der Waals surface area (Å²) in [6.45, 7) is 1.63. The molecule has 1 unspecified atom stereocenters. The standard InChI is InChI=1S/C14H18N2O2/c1-17-7-8-18-10-14(15)12-4-2-3-11-5-6-16-9-13(11)12/h2-6,9,14H,7-8,10,15H2,1H3. The third-order valence-electron chi connectivity index (χ3n) is 2.85. The number of benzene rings is 1. The molecule has 0 saturated heterocycles. The SMILES string of the molecule is COCCOCC(N)c1cccc2ccncc12. The Balaban J connectivity index is 2.10. The molecule has 2 rings (SSSR count). The summed E-state index contributed by atoms with van der Waals surface area (Å²) in [7, 11) is 1.65. The summed E-state index contributed by atoms with van der Waals surface area (Å²) in [5.41, 5.74) is 7.22. The Hall–Kier alpha value is -1.49. The van der Waals surface area contributed by atoms with Crippen LogP contribution in [-0.4, -0.2) is 31.9 Å². The Morgan fingerprint density at radius 3 is 3.00 bits per heavy atom. The second kappa shape index (κ2) is 6.44. The highest BCUT2D eigenvalue weighted by atomic mass is 16.5. The predicted octanol–water partition coefficient (Wildman–Crippen LogP) is 1.90. The first-order valence-corrected chi connectivity index (χ1v) is 5.98. The number of rotatable bonds is 6. The quantitative estimate of drug-likeness (QED) is 0.791. The van der Waals surface area contributed by atoms with Crippen molar-refractivity contribution < 1.29 is 9.47 Å². The Kier molecular flexibility index (Phi) is 4.64. The van der Waals surface area contributed by atoms with E-state index in [0.717, 1.165) is 16.3 Å². The van der Waals surface area contributed by atoms with Crippen molar-refractivity contribution in [3.05, 3.63) is 42.2 Å². The van der Waals surface area contributed by atoms with E-state index in [1.807, 2.05) is 24.4 Å². The van der Waals surface area contributed by atoms with Gasteiger partial charge < -0.3 is 15.2 Å². The van der Waals surface area contributed by atoms with E-state index in [-0.39, 0.29) is 6.04 Å². The van der Waals surface area contributed by atoms with Gasteiger partial charge in [-0.2, -0.15) is 0 Å². The zero-order valence-electron chi connectivity index (χ0n) is 10.5. The van der Waals surface area contributed by atoms with Gasteiger partial charge in [-0.3, -0.25) is 4.98 Å². The molecule has 0 saturated carbocycles. The molecule has 0 amide bonds. The molecule has 0 aliphatic carbocycles. The second-order valence-electron chi connectivity index (χ2n) is 4.12. The van der Waals surface area contributed by atoms with E-state index >= 15 is 0 Å². The first kappa shape index (κ1) is 13.0. The maximum atomic E-state index is 6.15. The molecule has 0 bridgehead atoms. The molecular formula is C14H18N2O2. The first-order valence-electron chi connectivity index (χ1n) is 5.98. The number of nitrogens with two attached hydrogens (primary N) is 1. The van der Waals surface area contributed by atoms with E-state index in [9.17, 15) is 0 Å². The van der Waals surface area contributed by atoms with Crippen molar-refractivity contribution in [3.8, 4) is 0 Å². The molecule has 1 heterocycles. The highest BCUT2D eigenvalue weighted by Gasteiger charge is 2.09. The first-order chi connectivity index (χ1) is 8.83. The molecule has 18 heavy (non-hydrogen) atoms. The third-order valence-corrected chi connectivity index (χ3v) is 2.85. The van der Waals surface area contributed by atoms with Crippen LogP contribution in [0.5, 0.6) is 0 Å². The van der Waals surface area contributed by atoms with Crippen LogP contribution in [0.15, 0.2) is 36.7 Å². The Labute approximate surface area is 107 Å². The third kappa shape index (κ3) is 3.04.